The van der Waals surface area contributed by atoms with Crippen LogP contribution in [-0.4, -0.2) is 25.5 Å². The van der Waals surface area contributed by atoms with E-state index in [1.165, 1.54) is 0 Å². The first-order valence-electron chi connectivity index (χ1n) is 9.94. The molecule has 156 valence electrons. The van der Waals surface area contributed by atoms with Gasteiger partial charge in [-0.15, -0.1) is 0 Å². The Hall–Kier alpha value is -1.14. The van der Waals surface area contributed by atoms with Crippen LogP contribution < -0.4 is 0 Å². The van der Waals surface area contributed by atoms with Crippen LogP contribution in [0.3, 0.4) is 0 Å². The van der Waals surface area contributed by atoms with Crippen molar-refractivity contribution in [2.75, 3.05) is 0 Å². The van der Waals surface area contributed by atoms with Crippen LogP contribution in [0.1, 0.15) is 103 Å². The molecular formula is C22H38O5. The van der Waals surface area contributed by atoms with Gasteiger partial charge in [0.2, 0.25) is 0 Å². The minimum Gasteiger partial charge on any atom is -0.507 e. The second-order valence-electron chi connectivity index (χ2n) is 8.58. The SMILES string of the molecule is CCC(C)(O)c1cc(C(C)(O)CC)c(C(C)(O)CC)c(O)c1C(C)(O)CC. The molecule has 0 bridgehead atoms. The van der Waals surface area contributed by atoms with Gasteiger partial charge < -0.3 is 25.5 Å². The van der Waals surface area contributed by atoms with Gasteiger partial charge in [0, 0.05) is 11.1 Å². The molecule has 0 radical (unpaired) electrons. The predicted octanol–water partition coefficient (Wildman–Crippen LogP) is 3.86. The van der Waals surface area contributed by atoms with Gasteiger partial charge in [-0.25, -0.2) is 0 Å². The Morgan fingerprint density at radius 2 is 0.852 bits per heavy atom. The summed E-state index contributed by atoms with van der Waals surface area (Å²) in [6.45, 7) is 13.6. The summed E-state index contributed by atoms with van der Waals surface area (Å²) in [5.74, 6) is -0.261. The van der Waals surface area contributed by atoms with Crippen LogP contribution >= 0.6 is 0 Å². The van der Waals surface area contributed by atoms with Gasteiger partial charge in [-0.3, -0.25) is 0 Å². The summed E-state index contributed by atoms with van der Waals surface area (Å²) >= 11 is 0. The molecule has 1 aromatic rings. The van der Waals surface area contributed by atoms with Crippen LogP contribution in [0.25, 0.3) is 0 Å². The van der Waals surface area contributed by atoms with E-state index in [2.05, 4.69) is 0 Å². The lowest BCUT2D eigenvalue weighted by atomic mass is 9.72. The summed E-state index contributed by atoms with van der Waals surface area (Å²) in [4.78, 5) is 0. The predicted molar refractivity (Wildman–Crippen MR) is 108 cm³/mol. The van der Waals surface area contributed by atoms with Crippen LogP contribution in [-0.2, 0) is 22.4 Å². The monoisotopic (exact) mass is 382 g/mol. The minimum absolute atomic E-state index is 0.205. The van der Waals surface area contributed by atoms with Gasteiger partial charge in [-0.2, -0.15) is 0 Å². The van der Waals surface area contributed by atoms with Crippen molar-refractivity contribution in [2.45, 2.75) is 103 Å². The number of hydrogen-bond donors (Lipinski definition) is 5. The maximum Gasteiger partial charge on any atom is 0.128 e. The van der Waals surface area contributed by atoms with E-state index in [0.29, 0.717) is 36.8 Å². The second-order valence-corrected chi connectivity index (χ2v) is 8.58. The van der Waals surface area contributed by atoms with Gasteiger partial charge >= 0.3 is 0 Å². The quantitative estimate of drug-likeness (QED) is 0.470. The van der Waals surface area contributed by atoms with Crippen molar-refractivity contribution in [3.8, 4) is 5.75 Å². The molecule has 0 spiro atoms. The number of hydrogen-bond acceptors (Lipinski definition) is 5. The fraction of sp³-hybridized carbons (Fsp3) is 0.727. The van der Waals surface area contributed by atoms with Crippen molar-refractivity contribution in [1.82, 2.24) is 0 Å². The van der Waals surface area contributed by atoms with Gasteiger partial charge in [-0.1, -0.05) is 27.7 Å². The molecule has 0 fully saturated rings. The highest BCUT2D eigenvalue weighted by Gasteiger charge is 2.42. The average Bonchev–Trinajstić information content (AvgIpc) is 2.60. The number of aromatic hydroxyl groups is 1. The standard InChI is InChI=1S/C22H38O5/c1-9-19(5,24)14-13-15(20(6,25)10-2)17(22(8,27)12-4)18(23)16(14)21(7,26)11-3/h13,23-27H,9-12H2,1-8H3. The molecule has 1 aromatic carbocycles. The largest absolute Gasteiger partial charge is 0.507 e. The van der Waals surface area contributed by atoms with Crippen LogP contribution in [0.4, 0.5) is 0 Å². The topological polar surface area (TPSA) is 101 Å². The van der Waals surface area contributed by atoms with Gasteiger partial charge in [0.05, 0.1) is 22.4 Å². The highest BCUT2D eigenvalue weighted by molar-refractivity contribution is 5.57. The van der Waals surface area contributed by atoms with Gasteiger partial charge in [-0.05, 0) is 70.6 Å². The molecule has 0 aliphatic heterocycles. The van der Waals surface area contributed by atoms with Crippen LogP contribution in [0.2, 0.25) is 0 Å². The van der Waals surface area contributed by atoms with Gasteiger partial charge in [0.25, 0.3) is 0 Å². The molecule has 0 aliphatic carbocycles. The van der Waals surface area contributed by atoms with Crippen LogP contribution in [0.15, 0.2) is 6.07 Å². The lowest BCUT2D eigenvalue weighted by molar-refractivity contribution is 0.0136. The van der Waals surface area contributed by atoms with Crippen LogP contribution in [0, 0.1) is 0 Å². The third-order valence-corrected chi connectivity index (χ3v) is 6.29. The van der Waals surface area contributed by atoms with Crippen molar-refractivity contribution >= 4 is 0 Å². The fourth-order valence-corrected chi connectivity index (χ4v) is 3.34. The number of rotatable bonds is 8. The third-order valence-electron chi connectivity index (χ3n) is 6.29. The van der Waals surface area contributed by atoms with E-state index in [9.17, 15) is 25.5 Å². The number of benzene rings is 1. The van der Waals surface area contributed by atoms with Gasteiger partial charge in [0.15, 0.2) is 0 Å². The molecule has 5 N–H and O–H groups in total. The maximum atomic E-state index is 11.3. The summed E-state index contributed by atoms with van der Waals surface area (Å²) < 4.78 is 0. The van der Waals surface area contributed by atoms with Crippen molar-refractivity contribution in [2.24, 2.45) is 0 Å². The lowest BCUT2D eigenvalue weighted by Crippen LogP contribution is -2.35. The molecule has 27 heavy (non-hydrogen) atoms. The molecule has 0 saturated heterocycles. The molecular weight excluding hydrogens is 344 g/mol. The van der Waals surface area contributed by atoms with E-state index < -0.39 is 22.4 Å². The van der Waals surface area contributed by atoms with Gasteiger partial charge in [0.1, 0.15) is 5.75 Å². The van der Waals surface area contributed by atoms with E-state index in [1.54, 1.807) is 47.6 Å². The fourth-order valence-electron chi connectivity index (χ4n) is 3.34. The molecule has 0 aliphatic rings. The van der Waals surface area contributed by atoms with Crippen molar-refractivity contribution in [1.29, 1.82) is 0 Å². The Bertz CT molecular complexity index is 618. The Labute approximate surface area is 163 Å². The average molecular weight is 383 g/mol. The third kappa shape index (κ3) is 4.32. The molecule has 0 aromatic heterocycles. The number of aliphatic hydroxyl groups is 4. The van der Waals surface area contributed by atoms with Crippen molar-refractivity contribution in [3.05, 3.63) is 28.3 Å². The van der Waals surface area contributed by atoms with E-state index in [0.717, 1.165) is 0 Å². The molecule has 0 heterocycles. The zero-order valence-corrected chi connectivity index (χ0v) is 18.1. The van der Waals surface area contributed by atoms with E-state index in [-0.39, 0.29) is 16.9 Å². The van der Waals surface area contributed by atoms with E-state index in [4.69, 9.17) is 0 Å². The summed E-state index contributed by atoms with van der Waals surface area (Å²) in [5.41, 5.74) is -4.31. The Morgan fingerprint density at radius 3 is 1.07 bits per heavy atom. The summed E-state index contributed by atoms with van der Waals surface area (Å²) in [6.07, 6.45) is 1.34. The second kappa shape index (κ2) is 7.70. The first-order chi connectivity index (χ1) is 12.1. The molecule has 0 saturated carbocycles. The maximum absolute atomic E-state index is 11.3. The lowest BCUT2D eigenvalue weighted by Gasteiger charge is -2.39. The minimum atomic E-state index is -1.41. The van der Waals surface area contributed by atoms with Crippen LogP contribution in [0.5, 0.6) is 5.75 Å². The van der Waals surface area contributed by atoms with E-state index >= 15 is 0 Å². The first kappa shape index (κ1) is 23.9. The summed E-state index contributed by atoms with van der Waals surface area (Å²) in [5, 5.41) is 55.3. The molecule has 0 amide bonds. The Morgan fingerprint density at radius 1 is 0.593 bits per heavy atom. The highest BCUT2D eigenvalue weighted by Crippen LogP contribution is 2.49. The molecule has 1 rings (SSSR count). The normalized spacial score (nSPS) is 21.0. The number of phenols is 1. The van der Waals surface area contributed by atoms with E-state index in [1.807, 2.05) is 13.8 Å². The molecule has 4 atom stereocenters. The highest BCUT2D eigenvalue weighted by atomic mass is 16.3. The summed E-state index contributed by atoms with van der Waals surface area (Å²) in [7, 11) is 0. The van der Waals surface area contributed by atoms with Crippen molar-refractivity contribution < 1.29 is 25.5 Å². The molecule has 5 nitrogen and oxygen atoms in total. The summed E-state index contributed by atoms with van der Waals surface area (Å²) in [6, 6.07) is 1.64. The smallest absolute Gasteiger partial charge is 0.128 e. The molecule has 5 heteroatoms. The zero-order valence-electron chi connectivity index (χ0n) is 18.1. The Balaban J connectivity index is 4.20. The van der Waals surface area contributed by atoms with Crippen molar-refractivity contribution in [3.63, 3.8) is 0 Å². The molecule has 4 unspecified atom stereocenters. The number of phenolic OH excluding ortho intramolecular Hbond substituents is 1. The Kier molecular flexibility index (Phi) is 6.82. The zero-order chi connectivity index (χ0) is 21.4. The first-order valence-corrected chi connectivity index (χ1v) is 9.94.